The van der Waals surface area contributed by atoms with Crippen molar-refractivity contribution in [2.45, 2.75) is 44.6 Å². The van der Waals surface area contributed by atoms with Crippen molar-refractivity contribution >= 4 is 6.21 Å². The zero-order chi connectivity index (χ0) is 14.3. The molecule has 2 fully saturated rings. The number of piperidine rings is 1. The fourth-order valence-electron chi connectivity index (χ4n) is 4.06. The summed E-state index contributed by atoms with van der Waals surface area (Å²) in [5.41, 5.74) is 0. The lowest BCUT2D eigenvalue weighted by atomic mass is 9.91. The van der Waals surface area contributed by atoms with Crippen molar-refractivity contribution in [1.29, 1.82) is 0 Å². The summed E-state index contributed by atoms with van der Waals surface area (Å²) in [6, 6.07) is 0.579. The van der Waals surface area contributed by atoms with Crippen LogP contribution in [0, 0.1) is 5.92 Å². The van der Waals surface area contributed by atoms with E-state index in [1.54, 1.807) is 0 Å². The van der Waals surface area contributed by atoms with E-state index in [0.717, 1.165) is 19.0 Å². The molecular weight excluding hydrogens is 260 g/mol. The van der Waals surface area contributed by atoms with Crippen LogP contribution >= 0.6 is 0 Å². The van der Waals surface area contributed by atoms with E-state index in [1.165, 1.54) is 77.8 Å². The molecule has 0 aromatic heterocycles. The molecule has 0 aliphatic carbocycles. The Kier molecular flexibility index (Phi) is 6.07. The number of rotatable bonds is 5. The highest BCUT2D eigenvalue weighted by Gasteiger charge is 2.27. The van der Waals surface area contributed by atoms with E-state index in [2.05, 4.69) is 21.3 Å². The summed E-state index contributed by atoms with van der Waals surface area (Å²) in [4.78, 5) is 10.2. The zero-order valence-electron chi connectivity index (χ0n) is 13.5. The van der Waals surface area contributed by atoms with Crippen molar-refractivity contribution < 1.29 is 0 Å². The molecule has 3 aliphatic heterocycles. The van der Waals surface area contributed by atoms with Gasteiger partial charge in [-0.25, -0.2) is 0 Å². The minimum atomic E-state index is 0.579. The number of nitrogens with zero attached hydrogens (tertiary/aromatic N) is 3. The van der Waals surface area contributed by atoms with Gasteiger partial charge in [0.15, 0.2) is 0 Å². The van der Waals surface area contributed by atoms with Crippen LogP contribution in [0.2, 0.25) is 0 Å². The van der Waals surface area contributed by atoms with Gasteiger partial charge in [-0.15, -0.1) is 0 Å². The molecule has 4 nitrogen and oxygen atoms in total. The second kappa shape index (κ2) is 8.25. The predicted molar refractivity (Wildman–Crippen MR) is 89.2 cm³/mol. The molecule has 0 spiro atoms. The molecule has 0 amide bonds. The topological polar surface area (TPSA) is 30.9 Å². The maximum absolute atomic E-state index is 4.87. The summed E-state index contributed by atoms with van der Waals surface area (Å²) in [7, 11) is 0. The normalized spacial score (nSPS) is 30.4. The average molecular weight is 292 g/mol. The van der Waals surface area contributed by atoms with Gasteiger partial charge in [0.2, 0.25) is 0 Å². The van der Waals surface area contributed by atoms with E-state index in [-0.39, 0.29) is 0 Å². The third kappa shape index (κ3) is 4.76. The number of likely N-dealkylation sites (tertiary alicyclic amines) is 1. The summed E-state index contributed by atoms with van der Waals surface area (Å²) >= 11 is 0. The Hall–Kier alpha value is -0.450. The van der Waals surface area contributed by atoms with Crippen molar-refractivity contribution in [2.24, 2.45) is 10.9 Å². The molecule has 2 saturated heterocycles. The van der Waals surface area contributed by atoms with E-state index in [4.69, 9.17) is 4.99 Å². The highest BCUT2D eigenvalue weighted by atomic mass is 15.2. The lowest BCUT2D eigenvalue weighted by Crippen LogP contribution is -2.49. The molecule has 0 bridgehead atoms. The van der Waals surface area contributed by atoms with E-state index in [1.807, 2.05) is 0 Å². The quantitative estimate of drug-likeness (QED) is 0.835. The van der Waals surface area contributed by atoms with Crippen LogP contribution in [0.15, 0.2) is 4.99 Å². The van der Waals surface area contributed by atoms with Gasteiger partial charge in [-0.05, 0) is 51.4 Å². The van der Waals surface area contributed by atoms with Crippen LogP contribution in [0.1, 0.15) is 38.5 Å². The number of piperazine rings is 1. The van der Waals surface area contributed by atoms with Crippen molar-refractivity contribution in [3.8, 4) is 0 Å². The molecule has 2 unspecified atom stereocenters. The van der Waals surface area contributed by atoms with Crippen LogP contribution in [0.4, 0.5) is 0 Å². The van der Waals surface area contributed by atoms with Crippen LogP contribution in [0.25, 0.3) is 0 Å². The predicted octanol–water partition coefficient (Wildman–Crippen LogP) is 1.62. The van der Waals surface area contributed by atoms with Gasteiger partial charge in [-0.3, -0.25) is 4.99 Å². The van der Waals surface area contributed by atoms with Gasteiger partial charge in [0.05, 0.1) is 6.04 Å². The van der Waals surface area contributed by atoms with Crippen LogP contribution in [0.3, 0.4) is 0 Å². The third-order valence-electron chi connectivity index (χ3n) is 5.32. The first kappa shape index (κ1) is 15.4. The molecule has 3 rings (SSSR count). The van der Waals surface area contributed by atoms with Crippen LogP contribution in [0.5, 0.6) is 0 Å². The summed E-state index contributed by atoms with van der Waals surface area (Å²) in [5, 5.41) is 3.47. The molecule has 3 heterocycles. The maximum Gasteiger partial charge on any atom is 0.0548 e. The Bertz CT molecular complexity index is 299. The first-order chi connectivity index (χ1) is 10.4. The van der Waals surface area contributed by atoms with Gasteiger partial charge in [0, 0.05) is 45.2 Å². The second-order valence-electron chi connectivity index (χ2n) is 7.00. The molecular formula is C17H32N4. The standard InChI is InChI=1S/C17H32N4/c1-4-10-20(11-5-1)14-16(17-6-2-3-7-19-17)15-21-12-8-18-9-13-21/h7,16-18H,1-6,8-15H2. The fraction of sp³-hybridized carbons (Fsp3) is 0.941. The summed E-state index contributed by atoms with van der Waals surface area (Å²) < 4.78 is 0. The zero-order valence-corrected chi connectivity index (χ0v) is 13.5. The minimum Gasteiger partial charge on any atom is -0.314 e. The van der Waals surface area contributed by atoms with Crippen molar-refractivity contribution in [1.82, 2.24) is 15.1 Å². The number of hydrogen-bond acceptors (Lipinski definition) is 4. The number of nitrogens with one attached hydrogen (secondary N) is 1. The fourth-order valence-corrected chi connectivity index (χ4v) is 4.06. The van der Waals surface area contributed by atoms with Gasteiger partial charge in [-0.2, -0.15) is 0 Å². The van der Waals surface area contributed by atoms with E-state index >= 15 is 0 Å². The van der Waals surface area contributed by atoms with Crippen LogP contribution < -0.4 is 5.32 Å². The van der Waals surface area contributed by atoms with Gasteiger partial charge in [-0.1, -0.05) is 6.42 Å². The Morgan fingerprint density at radius 1 is 0.952 bits per heavy atom. The molecule has 2 atom stereocenters. The van der Waals surface area contributed by atoms with Gasteiger partial charge >= 0.3 is 0 Å². The molecule has 0 saturated carbocycles. The lowest BCUT2D eigenvalue weighted by molar-refractivity contribution is 0.133. The van der Waals surface area contributed by atoms with Crippen molar-refractivity contribution in [2.75, 3.05) is 52.4 Å². The second-order valence-corrected chi connectivity index (χ2v) is 7.00. The number of aliphatic imine (C=N–C) groups is 1. The summed E-state index contributed by atoms with van der Waals surface area (Å²) in [6.07, 6.45) is 10.3. The highest BCUT2D eigenvalue weighted by Crippen LogP contribution is 2.22. The van der Waals surface area contributed by atoms with Gasteiger partial charge in [0.1, 0.15) is 0 Å². The van der Waals surface area contributed by atoms with Crippen molar-refractivity contribution in [3.63, 3.8) is 0 Å². The molecule has 120 valence electrons. The Morgan fingerprint density at radius 2 is 1.67 bits per heavy atom. The highest BCUT2D eigenvalue weighted by molar-refractivity contribution is 5.58. The van der Waals surface area contributed by atoms with E-state index in [9.17, 15) is 0 Å². The molecule has 4 heteroatoms. The summed E-state index contributed by atoms with van der Waals surface area (Å²) in [6.45, 7) is 9.89. The maximum atomic E-state index is 4.87. The van der Waals surface area contributed by atoms with Gasteiger partial charge < -0.3 is 15.1 Å². The first-order valence-electron chi connectivity index (χ1n) is 9.09. The van der Waals surface area contributed by atoms with E-state index < -0.39 is 0 Å². The largest absolute Gasteiger partial charge is 0.314 e. The number of hydrogen-bond donors (Lipinski definition) is 1. The monoisotopic (exact) mass is 292 g/mol. The SMILES string of the molecule is C1=NC(C(CN2CCCCC2)CN2CCNCC2)CCC1. The lowest BCUT2D eigenvalue weighted by Gasteiger charge is -2.37. The Morgan fingerprint density at radius 3 is 2.33 bits per heavy atom. The van der Waals surface area contributed by atoms with Crippen molar-refractivity contribution in [3.05, 3.63) is 0 Å². The van der Waals surface area contributed by atoms with Crippen LogP contribution in [-0.4, -0.2) is 74.4 Å². The Labute approximate surface area is 130 Å². The molecule has 21 heavy (non-hydrogen) atoms. The minimum absolute atomic E-state index is 0.579. The Balaban J connectivity index is 1.58. The molecule has 3 aliphatic rings. The average Bonchev–Trinajstić information content (AvgIpc) is 2.57. The first-order valence-corrected chi connectivity index (χ1v) is 9.09. The molecule has 0 aromatic rings. The van der Waals surface area contributed by atoms with E-state index in [0.29, 0.717) is 6.04 Å². The van der Waals surface area contributed by atoms with Gasteiger partial charge in [0.25, 0.3) is 0 Å². The third-order valence-corrected chi connectivity index (χ3v) is 5.32. The molecule has 1 N–H and O–H groups in total. The van der Waals surface area contributed by atoms with Crippen LogP contribution in [-0.2, 0) is 0 Å². The summed E-state index contributed by atoms with van der Waals surface area (Å²) in [5.74, 6) is 0.734. The molecule has 0 aromatic carbocycles. The smallest absolute Gasteiger partial charge is 0.0548 e. The molecule has 0 radical (unpaired) electrons.